The molecule has 3 aliphatic rings. The first-order valence-corrected chi connectivity index (χ1v) is 16.1. The summed E-state index contributed by atoms with van der Waals surface area (Å²) in [5.74, 6) is 1.78. The van der Waals surface area contributed by atoms with Gasteiger partial charge in [0.05, 0.1) is 11.6 Å². The summed E-state index contributed by atoms with van der Waals surface area (Å²) in [6.07, 6.45) is 4.61. The topological polar surface area (TPSA) is 60.0 Å². The molecule has 3 fully saturated rings. The monoisotopic (exact) mass is 619 g/mol. The second-order valence-electron chi connectivity index (χ2n) is 12.2. The van der Waals surface area contributed by atoms with Crippen LogP contribution in [-0.2, 0) is 11.2 Å². The molecule has 6 rings (SSSR count). The molecular weight excluding hydrogens is 581 g/mol. The number of hydrogen-bond donors (Lipinski definition) is 0. The van der Waals surface area contributed by atoms with Crippen LogP contribution < -0.4 is 4.90 Å². The number of piperazine rings is 1. The van der Waals surface area contributed by atoms with E-state index < -0.39 is 0 Å². The van der Waals surface area contributed by atoms with E-state index in [2.05, 4.69) is 41.1 Å². The highest BCUT2D eigenvalue weighted by Crippen LogP contribution is 2.36. The number of benzene rings is 2. The number of fused-ring (bicyclic) bond motifs is 1. The molecule has 0 N–H and O–H groups in total. The van der Waals surface area contributed by atoms with E-state index in [0.29, 0.717) is 40.3 Å². The van der Waals surface area contributed by atoms with Crippen LogP contribution in [0.1, 0.15) is 46.8 Å². The van der Waals surface area contributed by atoms with E-state index in [4.69, 9.17) is 28.2 Å². The van der Waals surface area contributed by atoms with Crippen LogP contribution in [-0.4, -0.2) is 84.4 Å². The molecule has 0 aliphatic carbocycles. The summed E-state index contributed by atoms with van der Waals surface area (Å²) in [5.41, 5.74) is 2.82. The Morgan fingerprint density at radius 2 is 1.60 bits per heavy atom. The molecule has 7 nitrogen and oxygen atoms in total. The summed E-state index contributed by atoms with van der Waals surface area (Å²) in [6, 6.07) is 19.8. The zero-order chi connectivity index (χ0) is 29.9. The molecule has 3 aromatic rings. The summed E-state index contributed by atoms with van der Waals surface area (Å²) in [6.45, 7) is 5.51. The van der Waals surface area contributed by atoms with Crippen LogP contribution >= 0.6 is 23.2 Å². The first-order valence-electron chi connectivity index (χ1n) is 15.3. The minimum Gasteiger partial charge on any atom is -0.346 e. The molecule has 226 valence electrons. The number of rotatable bonds is 6. The Morgan fingerprint density at radius 3 is 2.35 bits per heavy atom. The molecule has 0 bridgehead atoms. The smallest absolute Gasteiger partial charge is 0.257 e. The normalized spacial score (nSPS) is 22.8. The van der Waals surface area contributed by atoms with Crippen molar-refractivity contribution in [3.05, 3.63) is 93.6 Å². The van der Waals surface area contributed by atoms with Gasteiger partial charge < -0.3 is 19.6 Å². The van der Waals surface area contributed by atoms with Crippen LogP contribution in [0.25, 0.3) is 0 Å². The fraction of sp³-hybridized carbons (Fsp3) is 0.441. The number of aryl methyl sites for hydroxylation is 1. The van der Waals surface area contributed by atoms with Crippen LogP contribution in [0.5, 0.6) is 0 Å². The summed E-state index contributed by atoms with van der Waals surface area (Å²) in [7, 11) is 2.15. The maximum atomic E-state index is 14.1. The Morgan fingerprint density at radius 1 is 0.860 bits per heavy atom. The van der Waals surface area contributed by atoms with Crippen LogP contribution in [0.4, 0.5) is 5.82 Å². The van der Waals surface area contributed by atoms with Gasteiger partial charge in [-0.2, -0.15) is 0 Å². The van der Waals surface area contributed by atoms with E-state index in [1.165, 1.54) is 5.56 Å². The molecule has 3 aliphatic heterocycles. The predicted octanol–water partition coefficient (Wildman–Crippen LogP) is 5.82. The third kappa shape index (κ3) is 6.69. The van der Waals surface area contributed by atoms with Crippen LogP contribution in [0.15, 0.2) is 66.9 Å². The average molecular weight is 621 g/mol. The number of hydrogen-bond acceptors (Lipinski definition) is 5. The number of nitrogens with zero attached hydrogens (tertiary/aromatic N) is 5. The molecule has 1 unspecified atom stereocenters. The maximum absolute atomic E-state index is 14.1. The lowest BCUT2D eigenvalue weighted by Gasteiger charge is -2.41. The highest BCUT2D eigenvalue weighted by Gasteiger charge is 2.39. The molecule has 3 atom stereocenters. The molecule has 0 spiro atoms. The van der Waals surface area contributed by atoms with Crippen LogP contribution in [0.2, 0.25) is 10.0 Å². The van der Waals surface area contributed by atoms with Gasteiger partial charge in [0.25, 0.3) is 5.91 Å². The molecule has 3 saturated heterocycles. The van der Waals surface area contributed by atoms with Crippen LogP contribution in [0, 0.1) is 11.8 Å². The van der Waals surface area contributed by atoms with E-state index >= 15 is 0 Å². The molecule has 9 heteroatoms. The number of aromatic nitrogens is 1. The van der Waals surface area contributed by atoms with Gasteiger partial charge in [-0.15, -0.1) is 0 Å². The van der Waals surface area contributed by atoms with E-state index in [-0.39, 0.29) is 17.9 Å². The standard InChI is InChI=1S/C34H39Cl2N5O2/c1-38-18-19-41(31(23-38)24-6-3-2-4-7-24)33-29(8-5-15-37-33)34(43)40-21-26-13-16-39(17-14-27(26)22-40)32(42)12-9-25-20-28(35)10-11-30(25)36/h2-8,10-11,15,20,26-27,31H,9,12-14,16-19,21-23H2,1H3/t26-,27+,31?. The largest absolute Gasteiger partial charge is 0.346 e. The summed E-state index contributed by atoms with van der Waals surface area (Å²) in [5, 5.41) is 1.28. The van der Waals surface area contributed by atoms with E-state index in [1.54, 1.807) is 18.3 Å². The van der Waals surface area contributed by atoms with Crippen molar-refractivity contribution in [2.75, 3.05) is 57.8 Å². The first-order chi connectivity index (χ1) is 20.9. The summed E-state index contributed by atoms with van der Waals surface area (Å²) >= 11 is 12.4. The van der Waals surface area contributed by atoms with E-state index in [0.717, 1.165) is 70.0 Å². The van der Waals surface area contributed by atoms with Gasteiger partial charge in [0, 0.05) is 68.5 Å². The lowest BCUT2D eigenvalue weighted by molar-refractivity contribution is -0.131. The average Bonchev–Trinajstić information content (AvgIpc) is 3.33. The van der Waals surface area contributed by atoms with Crippen LogP contribution in [0.3, 0.4) is 0 Å². The Kier molecular flexibility index (Phi) is 9.22. The Hall–Kier alpha value is -3.13. The molecule has 0 radical (unpaired) electrons. The van der Waals surface area contributed by atoms with Crippen molar-refractivity contribution in [3.63, 3.8) is 0 Å². The van der Waals surface area contributed by atoms with Crippen molar-refractivity contribution in [3.8, 4) is 0 Å². The highest BCUT2D eigenvalue weighted by molar-refractivity contribution is 6.33. The Labute approximate surface area is 264 Å². The first kappa shape index (κ1) is 29.9. The quantitative estimate of drug-likeness (QED) is 0.348. The Bertz CT molecular complexity index is 1440. The lowest BCUT2D eigenvalue weighted by Crippen LogP contribution is -2.48. The van der Waals surface area contributed by atoms with Crippen molar-refractivity contribution in [2.24, 2.45) is 11.8 Å². The molecular formula is C34H39Cl2N5O2. The fourth-order valence-corrected chi connectivity index (χ4v) is 7.40. The molecule has 2 amide bonds. The molecule has 0 saturated carbocycles. The number of likely N-dealkylation sites (tertiary alicyclic amines) is 2. The second-order valence-corrected chi connectivity index (χ2v) is 13.0. The van der Waals surface area contributed by atoms with Crippen molar-refractivity contribution < 1.29 is 9.59 Å². The van der Waals surface area contributed by atoms with Gasteiger partial charge in [-0.05, 0) is 79.6 Å². The number of halogens is 2. The minimum atomic E-state index is 0.0632. The summed E-state index contributed by atoms with van der Waals surface area (Å²) < 4.78 is 0. The maximum Gasteiger partial charge on any atom is 0.257 e. The van der Waals surface area contributed by atoms with Crippen molar-refractivity contribution in [1.29, 1.82) is 0 Å². The van der Waals surface area contributed by atoms with Gasteiger partial charge in [0.2, 0.25) is 5.91 Å². The SMILES string of the molecule is CN1CCN(c2ncccc2C(=O)N2C[C@H]3CCN(C(=O)CCc4cc(Cl)ccc4Cl)CC[C@H]3C2)C(c2ccccc2)C1. The number of carbonyl (C=O) groups excluding carboxylic acids is 2. The molecule has 43 heavy (non-hydrogen) atoms. The van der Waals surface area contributed by atoms with Crippen molar-refractivity contribution in [1.82, 2.24) is 19.7 Å². The second kappa shape index (κ2) is 13.2. The minimum absolute atomic E-state index is 0.0632. The Balaban J connectivity index is 1.10. The van der Waals surface area contributed by atoms with E-state index in [9.17, 15) is 9.59 Å². The lowest BCUT2D eigenvalue weighted by atomic mass is 9.92. The third-order valence-corrected chi connectivity index (χ3v) is 10.0. The number of amides is 2. The van der Waals surface area contributed by atoms with Gasteiger partial charge in [-0.3, -0.25) is 9.59 Å². The van der Waals surface area contributed by atoms with E-state index in [1.807, 2.05) is 34.1 Å². The zero-order valence-electron chi connectivity index (χ0n) is 24.7. The van der Waals surface area contributed by atoms with Gasteiger partial charge in [0.1, 0.15) is 5.82 Å². The van der Waals surface area contributed by atoms with Gasteiger partial charge >= 0.3 is 0 Å². The van der Waals surface area contributed by atoms with Crippen molar-refractivity contribution >= 4 is 40.8 Å². The number of carbonyl (C=O) groups is 2. The fourth-order valence-electron chi connectivity index (χ4n) is 6.99. The molecule has 2 aromatic carbocycles. The van der Waals surface area contributed by atoms with Gasteiger partial charge in [0.15, 0.2) is 0 Å². The zero-order valence-corrected chi connectivity index (χ0v) is 26.2. The third-order valence-electron chi connectivity index (χ3n) is 9.43. The summed E-state index contributed by atoms with van der Waals surface area (Å²) in [4.78, 5) is 40.6. The van der Waals surface area contributed by atoms with Crippen molar-refractivity contribution in [2.45, 2.75) is 31.7 Å². The van der Waals surface area contributed by atoms with Gasteiger partial charge in [-0.25, -0.2) is 4.98 Å². The number of likely N-dealkylation sites (N-methyl/N-ethyl adjacent to an activating group) is 1. The number of anilines is 1. The highest BCUT2D eigenvalue weighted by atomic mass is 35.5. The number of pyridine rings is 1. The predicted molar refractivity (Wildman–Crippen MR) is 172 cm³/mol. The van der Waals surface area contributed by atoms with Gasteiger partial charge in [-0.1, -0.05) is 53.5 Å². The molecule has 1 aromatic heterocycles. The molecule has 4 heterocycles.